The molecule has 0 spiro atoms. The lowest BCUT2D eigenvalue weighted by molar-refractivity contribution is -0.272. The van der Waals surface area contributed by atoms with Gasteiger partial charge in [-0.1, -0.05) is 19.1 Å². The van der Waals surface area contributed by atoms with E-state index in [-0.39, 0.29) is 5.56 Å². The van der Waals surface area contributed by atoms with Crippen LogP contribution in [0.4, 0.5) is 27.6 Å². The monoisotopic (exact) mass is 480 g/mol. The third kappa shape index (κ3) is 3.85. The van der Waals surface area contributed by atoms with Crippen molar-refractivity contribution in [3.05, 3.63) is 66.0 Å². The summed E-state index contributed by atoms with van der Waals surface area (Å²) in [5.74, 6) is -6.61. The highest BCUT2D eigenvalue weighted by atomic mass is 19.4. The minimum atomic E-state index is -4.83. The highest BCUT2D eigenvalue weighted by Gasteiger charge is 2.65. The van der Waals surface area contributed by atoms with E-state index in [2.05, 4.69) is 10.3 Å². The Morgan fingerprint density at radius 2 is 1.88 bits per heavy atom. The van der Waals surface area contributed by atoms with Crippen LogP contribution in [0.5, 0.6) is 5.75 Å². The van der Waals surface area contributed by atoms with Gasteiger partial charge in [-0.25, -0.2) is 4.39 Å². The first-order chi connectivity index (χ1) is 16.0. The van der Waals surface area contributed by atoms with Crippen molar-refractivity contribution < 1.29 is 36.2 Å². The number of pyridine rings is 1. The van der Waals surface area contributed by atoms with Gasteiger partial charge in [0.15, 0.2) is 17.2 Å². The number of ether oxygens (including phenoxy) is 2. The van der Waals surface area contributed by atoms with Crippen molar-refractivity contribution in [3.63, 3.8) is 0 Å². The number of hydrogen-bond donors (Lipinski definition) is 1. The van der Waals surface area contributed by atoms with Crippen molar-refractivity contribution in [1.29, 1.82) is 0 Å². The van der Waals surface area contributed by atoms with E-state index >= 15 is 0 Å². The molecule has 10 heteroatoms. The lowest BCUT2D eigenvalue weighted by Gasteiger charge is -2.32. The van der Waals surface area contributed by atoms with Gasteiger partial charge in [0.05, 0.1) is 7.11 Å². The fourth-order valence-corrected chi connectivity index (χ4v) is 4.41. The lowest BCUT2D eigenvalue weighted by atomic mass is 9.77. The molecule has 4 rings (SSSR count). The fourth-order valence-electron chi connectivity index (χ4n) is 4.41. The Bertz CT molecular complexity index is 1250. The Labute approximate surface area is 191 Å². The molecule has 1 fully saturated rings. The molecule has 1 saturated heterocycles. The van der Waals surface area contributed by atoms with Crippen LogP contribution in [0.15, 0.2) is 48.8 Å². The summed E-state index contributed by atoms with van der Waals surface area (Å²) in [5, 5.41) is 4.15. The minimum Gasteiger partial charge on any atom is -0.493 e. The quantitative estimate of drug-likeness (QED) is 0.494. The van der Waals surface area contributed by atoms with E-state index in [9.17, 15) is 26.7 Å². The molecule has 1 aliphatic heterocycles. The molecule has 0 radical (unpaired) electrons. The number of halogens is 5. The first kappa shape index (κ1) is 23.9. The van der Waals surface area contributed by atoms with Gasteiger partial charge >= 0.3 is 6.18 Å². The summed E-state index contributed by atoms with van der Waals surface area (Å²) in [6.45, 7) is 2.10. The molecular formula is C24H21F5N2O3. The number of rotatable bonds is 4. The normalized spacial score (nSPS) is 24.9. The molecule has 5 nitrogen and oxygen atoms in total. The highest BCUT2D eigenvalue weighted by Crippen LogP contribution is 2.55. The summed E-state index contributed by atoms with van der Waals surface area (Å²) >= 11 is 0. The van der Waals surface area contributed by atoms with E-state index in [0.717, 1.165) is 36.9 Å². The van der Waals surface area contributed by atoms with E-state index in [4.69, 9.17) is 9.47 Å². The predicted octanol–water partition coefficient (Wildman–Crippen LogP) is 5.60. The summed E-state index contributed by atoms with van der Waals surface area (Å²) in [6, 6.07) is 8.54. The van der Waals surface area contributed by atoms with Crippen molar-refractivity contribution in [2.75, 3.05) is 12.4 Å². The molecule has 0 aliphatic carbocycles. The molecule has 1 aliphatic rings. The maximum absolute atomic E-state index is 14.4. The summed E-state index contributed by atoms with van der Waals surface area (Å²) < 4.78 is 80.6. The van der Waals surface area contributed by atoms with Gasteiger partial charge in [-0.3, -0.25) is 9.78 Å². The van der Waals surface area contributed by atoms with Gasteiger partial charge in [-0.2, -0.15) is 17.6 Å². The number of nitrogens with one attached hydrogen (secondary N) is 1. The number of fused-ring (bicyclic) bond motifs is 1. The Balaban J connectivity index is 1.76. The number of alkyl halides is 3. The Hall–Kier alpha value is -3.27. The number of amides is 1. The number of hydrogen-bond acceptors (Lipinski definition) is 4. The second-order valence-corrected chi connectivity index (χ2v) is 8.37. The summed E-state index contributed by atoms with van der Waals surface area (Å²) in [6.07, 6.45) is -3.30. The van der Waals surface area contributed by atoms with Crippen LogP contribution in [0.1, 0.15) is 25.3 Å². The van der Waals surface area contributed by atoms with Gasteiger partial charge < -0.3 is 14.8 Å². The molecule has 3 aromatic rings. The smallest absolute Gasteiger partial charge is 0.417 e. The van der Waals surface area contributed by atoms with E-state index < -0.39 is 53.0 Å². The summed E-state index contributed by atoms with van der Waals surface area (Å²) in [7, 11) is 1.07. The van der Waals surface area contributed by atoms with Gasteiger partial charge in [0.2, 0.25) is 5.82 Å². The van der Waals surface area contributed by atoms with Crippen molar-refractivity contribution >= 4 is 22.4 Å². The SMILES string of the molecule is COc1c(C2C(C(=O)Nc3ccc4cnccc4c3)O[C@@](C)(C(F)(F)F)[C@H]2C)ccc(F)c1F. The number of anilines is 1. The predicted molar refractivity (Wildman–Crippen MR) is 115 cm³/mol. The molecule has 4 atom stereocenters. The molecule has 2 unspecified atom stereocenters. The molecule has 1 N–H and O–H groups in total. The third-order valence-corrected chi connectivity index (χ3v) is 6.48. The second-order valence-electron chi connectivity index (χ2n) is 8.37. The number of carbonyl (C=O) groups is 1. The van der Waals surface area contributed by atoms with Crippen LogP contribution in [0.25, 0.3) is 10.8 Å². The molecule has 34 heavy (non-hydrogen) atoms. The Morgan fingerprint density at radius 1 is 1.15 bits per heavy atom. The molecule has 1 amide bonds. The molecule has 1 aromatic heterocycles. The molecule has 2 heterocycles. The van der Waals surface area contributed by atoms with Crippen molar-refractivity contribution in [2.24, 2.45) is 5.92 Å². The van der Waals surface area contributed by atoms with Gasteiger partial charge in [0.25, 0.3) is 5.91 Å². The minimum absolute atomic E-state index is 0.0911. The zero-order valence-corrected chi connectivity index (χ0v) is 18.4. The standard InChI is InChI=1S/C24H21F5N2O3/c1-12-18(16-6-7-17(25)19(26)20(16)33-3)21(34-23(12,2)24(27,28)29)22(32)31-15-5-4-14-11-30-9-8-13(14)10-15/h4-12,18,21H,1-3H3,(H,31,32)/t12-,18?,21?,23+/m0/s1. The first-order valence-electron chi connectivity index (χ1n) is 10.4. The maximum Gasteiger partial charge on any atom is 0.417 e. The van der Waals surface area contributed by atoms with E-state index in [0.29, 0.717) is 5.69 Å². The Morgan fingerprint density at radius 3 is 2.56 bits per heavy atom. The fraction of sp³-hybridized carbons (Fsp3) is 0.333. The number of aromatic nitrogens is 1. The number of methoxy groups -OCH3 is 1. The number of nitrogens with zero attached hydrogens (tertiary/aromatic N) is 1. The van der Waals surface area contributed by atoms with Crippen LogP contribution >= 0.6 is 0 Å². The number of carbonyl (C=O) groups excluding carboxylic acids is 1. The zero-order valence-electron chi connectivity index (χ0n) is 18.4. The lowest BCUT2D eigenvalue weighted by Crippen LogP contribution is -2.47. The van der Waals surface area contributed by atoms with Gasteiger partial charge in [-0.15, -0.1) is 0 Å². The van der Waals surface area contributed by atoms with Gasteiger partial charge in [-0.05, 0) is 36.6 Å². The van der Waals surface area contributed by atoms with Crippen LogP contribution in [-0.4, -0.2) is 35.9 Å². The van der Waals surface area contributed by atoms with E-state index in [1.807, 2.05) is 0 Å². The summed E-state index contributed by atoms with van der Waals surface area (Å²) in [5.41, 5.74) is -2.48. The number of benzene rings is 2. The highest BCUT2D eigenvalue weighted by molar-refractivity contribution is 5.97. The largest absolute Gasteiger partial charge is 0.493 e. The van der Waals surface area contributed by atoms with E-state index in [1.54, 1.807) is 36.7 Å². The first-order valence-corrected chi connectivity index (χ1v) is 10.4. The topological polar surface area (TPSA) is 60.5 Å². The van der Waals surface area contributed by atoms with Crippen molar-refractivity contribution in [2.45, 2.75) is 37.6 Å². The molecule has 2 aromatic carbocycles. The molecule has 0 saturated carbocycles. The average molecular weight is 480 g/mol. The average Bonchev–Trinajstić information content (AvgIpc) is 3.07. The zero-order chi connectivity index (χ0) is 24.8. The van der Waals surface area contributed by atoms with Crippen LogP contribution in [-0.2, 0) is 9.53 Å². The third-order valence-electron chi connectivity index (χ3n) is 6.48. The van der Waals surface area contributed by atoms with Gasteiger partial charge in [0, 0.05) is 40.9 Å². The Kier molecular flexibility index (Phi) is 5.97. The van der Waals surface area contributed by atoms with E-state index in [1.165, 1.54) is 6.92 Å². The van der Waals surface area contributed by atoms with Crippen LogP contribution in [0.3, 0.4) is 0 Å². The molecular weight excluding hydrogens is 459 g/mol. The van der Waals surface area contributed by atoms with Gasteiger partial charge in [0.1, 0.15) is 6.10 Å². The second kappa shape index (κ2) is 8.50. The van der Waals surface area contributed by atoms with Crippen LogP contribution in [0.2, 0.25) is 0 Å². The molecule has 0 bridgehead atoms. The van der Waals surface area contributed by atoms with Crippen molar-refractivity contribution in [3.8, 4) is 5.75 Å². The molecule has 180 valence electrons. The summed E-state index contributed by atoms with van der Waals surface area (Å²) in [4.78, 5) is 17.2. The van der Waals surface area contributed by atoms with Crippen LogP contribution in [0, 0.1) is 17.6 Å². The maximum atomic E-state index is 14.4. The van der Waals surface area contributed by atoms with Crippen molar-refractivity contribution in [1.82, 2.24) is 4.98 Å². The van der Waals surface area contributed by atoms with Crippen LogP contribution < -0.4 is 10.1 Å².